The zero-order chi connectivity index (χ0) is 19.8. The number of hydrogen-bond acceptors (Lipinski definition) is 4. The first kappa shape index (κ1) is 19.5. The van der Waals surface area contributed by atoms with Gasteiger partial charge >= 0.3 is 0 Å². The van der Waals surface area contributed by atoms with Crippen LogP contribution in [0, 0.1) is 5.92 Å². The third-order valence-electron chi connectivity index (χ3n) is 4.22. The molecule has 5 nitrogen and oxygen atoms in total. The number of benzene rings is 2. The minimum absolute atomic E-state index is 0.181. The molecule has 3 rings (SSSR count). The number of nitrogens with zero attached hydrogens (tertiary/aromatic N) is 2. The Morgan fingerprint density at radius 2 is 1.64 bits per heavy atom. The number of rotatable bonds is 8. The van der Waals surface area contributed by atoms with Crippen molar-refractivity contribution in [2.24, 2.45) is 5.92 Å². The second-order valence-corrected chi connectivity index (χ2v) is 7.09. The Kier molecular flexibility index (Phi) is 6.73. The Balaban J connectivity index is 1.79. The molecule has 144 valence electrons. The van der Waals surface area contributed by atoms with Crippen LogP contribution in [0.25, 0.3) is 11.4 Å². The van der Waals surface area contributed by atoms with Crippen molar-refractivity contribution in [3.8, 4) is 11.4 Å². The van der Waals surface area contributed by atoms with Crippen LogP contribution in [-0.2, 0) is 6.42 Å². The first-order valence-electron chi connectivity index (χ1n) is 9.62. The van der Waals surface area contributed by atoms with Crippen molar-refractivity contribution in [3.63, 3.8) is 0 Å². The largest absolute Gasteiger partial charge is 0.370 e. The monoisotopic (exact) mass is 374 g/mol. The average Bonchev–Trinajstić information content (AvgIpc) is 2.73. The van der Waals surface area contributed by atoms with Gasteiger partial charge in [0.2, 0.25) is 0 Å². The fourth-order valence-electron chi connectivity index (χ4n) is 2.74. The van der Waals surface area contributed by atoms with E-state index in [9.17, 15) is 4.79 Å². The van der Waals surface area contributed by atoms with Crippen molar-refractivity contribution in [3.05, 3.63) is 78.0 Å². The molecule has 0 saturated heterocycles. The Labute approximate surface area is 166 Å². The maximum absolute atomic E-state index is 12.6. The van der Waals surface area contributed by atoms with Crippen molar-refractivity contribution in [2.75, 3.05) is 18.4 Å². The summed E-state index contributed by atoms with van der Waals surface area (Å²) in [5.74, 6) is 1.39. The van der Waals surface area contributed by atoms with Gasteiger partial charge in [0.05, 0.1) is 0 Å². The lowest BCUT2D eigenvalue weighted by Crippen LogP contribution is -2.28. The maximum atomic E-state index is 12.6. The van der Waals surface area contributed by atoms with E-state index in [0.29, 0.717) is 29.8 Å². The molecule has 0 fully saturated rings. The van der Waals surface area contributed by atoms with Gasteiger partial charge < -0.3 is 10.6 Å². The summed E-state index contributed by atoms with van der Waals surface area (Å²) in [5, 5.41) is 6.26. The highest BCUT2D eigenvalue weighted by Gasteiger charge is 2.13. The van der Waals surface area contributed by atoms with Gasteiger partial charge in [0, 0.05) is 24.7 Å². The minimum Gasteiger partial charge on any atom is -0.370 e. The van der Waals surface area contributed by atoms with Crippen LogP contribution >= 0.6 is 0 Å². The van der Waals surface area contributed by atoms with Crippen LogP contribution in [0.1, 0.15) is 29.9 Å². The first-order valence-corrected chi connectivity index (χ1v) is 9.62. The van der Waals surface area contributed by atoms with Crippen LogP contribution in [0.3, 0.4) is 0 Å². The summed E-state index contributed by atoms with van der Waals surface area (Å²) >= 11 is 0. The molecule has 0 aliphatic rings. The molecule has 3 aromatic rings. The van der Waals surface area contributed by atoms with Gasteiger partial charge in [-0.05, 0) is 17.9 Å². The van der Waals surface area contributed by atoms with Crippen LogP contribution in [0.4, 0.5) is 5.82 Å². The van der Waals surface area contributed by atoms with E-state index in [1.165, 1.54) is 5.56 Å². The molecule has 28 heavy (non-hydrogen) atoms. The molecule has 1 heterocycles. The fourth-order valence-corrected chi connectivity index (χ4v) is 2.74. The molecular formula is C23H26N4O. The van der Waals surface area contributed by atoms with E-state index in [2.05, 4.69) is 46.6 Å². The Bertz CT molecular complexity index is 895. The molecule has 2 aromatic carbocycles. The second-order valence-electron chi connectivity index (χ2n) is 7.09. The van der Waals surface area contributed by atoms with E-state index >= 15 is 0 Å². The summed E-state index contributed by atoms with van der Waals surface area (Å²) < 4.78 is 0. The summed E-state index contributed by atoms with van der Waals surface area (Å²) in [4.78, 5) is 21.6. The van der Waals surface area contributed by atoms with Gasteiger partial charge in [0.15, 0.2) is 5.82 Å². The standard InChI is InChI=1S/C23H26N4O/c1-17(2)16-25-23(28)20-15-21(24-14-13-18-9-5-3-6-10-18)27-22(26-20)19-11-7-4-8-12-19/h3-12,15,17H,13-14,16H2,1-2H3,(H,25,28)(H,24,26,27). The van der Waals surface area contributed by atoms with Gasteiger partial charge in [-0.2, -0.15) is 0 Å². The molecule has 0 aliphatic carbocycles. The van der Waals surface area contributed by atoms with Gasteiger partial charge in [0.25, 0.3) is 5.91 Å². The molecule has 5 heteroatoms. The normalized spacial score (nSPS) is 10.7. The lowest BCUT2D eigenvalue weighted by atomic mass is 10.1. The van der Waals surface area contributed by atoms with E-state index in [4.69, 9.17) is 0 Å². The van der Waals surface area contributed by atoms with Crippen molar-refractivity contribution >= 4 is 11.7 Å². The average molecular weight is 374 g/mol. The molecule has 0 aliphatic heterocycles. The fraction of sp³-hybridized carbons (Fsp3) is 0.261. The quantitative estimate of drug-likeness (QED) is 0.621. The topological polar surface area (TPSA) is 66.9 Å². The second kappa shape index (κ2) is 9.65. The van der Waals surface area contributed by atoms with Crippen LogP contribution in [0.15, 0.2) is 66.7 Å². The highest BCUT2D eigenvalue weighted by atomic mass is 16.1. The highest BCUT2D eigenvalue weighted by molar-refractivity contribution is 5.93. The van der Waals surface area contributed by atoms with Gasteiger partial charge in [-0.1, -0.05) is 74.5 Å². The van der Waals surface area contributed by atoms with Gasteiger partial charge in [-0.25, -0.2) is 9.97 Å². The first-order chi connectivity index (χ1) is 13.6. The van der Waals surface area contributed by atoms with Crippen LogP contribution in [-0.4, -0.2) is 29.0 Å². The van der Waals surface area contributed by atoms with E-state index < -0.39 is 0 Å². The van der Waals surface area contributed by atoms with Gasteiger partial charge in [-0.3, -0.25) is 4.79 Å². The minimum atomic E-state index is -0.181. The summed E-state index contributed by atoms with van der Waals surface area (Å²) in [6.45, 7) is 5.46. The Morgan fingerprint density at radius 1 is 0.964 bits per heavy atom. The number of hydrogen-bond donors (Lipinski definition) is 2. The zero-order valence-corrected chi connectivity index (χ0v) is 16.4. The predicted molar refractivity (Wildman–Crippen MR) is 113 cm³/mol. The zero-order valence-electron chi connectivity index (χ0n) is 16.4. The molecule has 0 bridgehead atoms. The SMILES string of the molecule is CC(C)CNC(=O)c1cc(NCCc2ccccc2)nc(-c2ccccc2)n1. The van der Waals surface area contributed by atoms with Crippen LogP contribution in [0.2, 0.25) is 0 Å². The molecule has 2 N–H and O–H groups in total. The van der Waals surface area contributed by atoms with Crippen molar-refractivity contribution in [1.82, 2.24) is 15.3 Å². The predicted octanol–water partition coefficient (Wildman–Crippen LogP) is 4.18. The van der Waals surface area contributed by atoms with Crippen molar-refractivity contribution in [1.29, 1.82) is 0 Å². The van der Waals surface area contributed by atoms with Gasteiger partial charge in [0.1, 0.15) is 11.5 Å². The molecule has 0 spiro atoms. The number of carbonyl (C=O) groups is 1. The van der Waals surface area contributed by atoms with Gasteiger partial charge in [-0.15, -0.1) is 0 Å². The number of nitrogens with one attached hydrogen (secondary N) is 2. The lowest BCUT2D eigenvalue weighted by molar-refractivity contribution is 0.0944. The third kappa shape index (κ3) is 5.64. The summed E-state index contributed by atoms with van der Waals surface area (Å²) in [5.41, 5.74) is 2.51. The summed E-state index contributed by atoms with van der Waals surface area (Å²) in [6, 6.07) is 21.7. The molecule has 1 amide bonds. The number of aromatic nitrogens is 2. The lowest BCUT2D eigenvalue weighted by Gasteiger charge is -2.11. The van der Waals surface area contributed by atoms with Crippen molar-refractivity contribution < 1.29 is 4.79 Å². The maximum Gasteiger partial charge on any atom is 0.270 e. The highest BCUT2D eigenvalue weighted by Crippen LogP contribution is 2.18. The molecule has 0 unspecified atom stereocenters. The Morgan fingerprint density at radius 3 is 2.32 bits per heavy atom. The number of amides is 1. The van der Waals surface area contributed by atoms with E-state index in [1.54, 1.807) is 6.07 Å². The van der Waals surface area contributed by atoms with E-state index in [0.717, 1.165) is 18.5 Å². The summed E-state index contributed by atoms with van der Waals surface area (Å²) in [7, 11) is 0. The van der Waals surface area contributed by atoms with E-state index in [-0.39, 0.29) is 5.91 Å². The van der Waals surface area contributed by atoms with E-state index in [1.807, 2.05) is 48.5 Å². The van der Waals surface area contributed by atoms with Crippen LogP contribution < -0.4 is 10.6 Å². The molecule has 1 aromatic heterocycles. The third-order valence-corrected chi connectivity index (χ3v) is 4.22. The molecule has 0 atom stereocenters. The molecule has 0 saturated carbocycles. The smallest absolute Gasteiger partial charge is 0.270 e. The Hall–Kier alpha value is -3.21. The van der Waals surface area contributed by atoms with Crippen LogP contribution in [0.5, 0.6) is 0 Å². The van der Waals surface area contributed by atoms with Crippen molar-refractivity contribution in [2.45, 2.75) is 20.3 Å². The number of carbonyl (C=O) groups excluding carboxylic acids is 1. The number of anilines is 1. The summed E-state index contributed by atoms with van der Waals surface area (Å²) in [6.07, 6.45) is 0.875. The molecule has 0 radical (unpaired) electrons. The molecular weight excluding hydrogens is 348 g/mol.